The molecule has 0 aliphatic carbocycles. The summed E-state index contributed by atoms with van der Waals surface area (Å²) in [6.45, 7) is 1.23. The summed E-state index contributed by atoms with van der Waals surface area (Å²) in [5, 5.41) is 1.75. The van der Waals surface area contributed by atoms with E-state index in [0.29, 0.717) is 5.56 Å². The van der Waals surface area contributed by atoms with Gasteiger partial charge >= 0.3 is 12.1 Å². The third kappa shape index (κ3) is 3.82. The maximum absolute atomic E-state index is 13.1. The molecule has 0 spiro atoms. The Bertz CT molecular complexity index is 602. The van der Waals surface area contributed by atoms with E-state index >= 15 is 0 Å². The Kier molecular flexibility index (Phi) is 4.80. The summed E-state index contributed by atoms with van der Waals surface area (Å²) in [5.74, 6) is -2.53. The quantitative estimate of drug-likeness (QED) is 0.684. The first-order valence-corrected chi connectivity index (χ1v) is 6.83. The molecule has 1 aliphatic rings. The highest BCUT2D eigenvalue weighted by Gasteiger charge is 2.51. The van der Waals surface area contributed by atoms with Crippen molar-refractivity contribution in [3.63, 3.8) is 0 Å². The Morgan fingerprint density at radius 3 is 2.59 bits per heavy atom. The number of halogens is 3. The van der Waals surface area contributed by atoms with Crippen molar-refractivity contribution in [3.05, 3.63) is 35.9 Å². The van der Waals surface area contributed by atoms with E-state index in [1.54, 1.807) is 30.3 Å². The summed E-state index contributed by atoms with van der Waals surface area (Å²) in [7, 11) is 0. The minimum Gasteiger partial charge on any atom is -0.460 e. The summed E-state index contributed by atoms with van der Waals surface area (Å²) in [5.41, 5.74) is 0.678. The van der Waals surface area contributed by atoms with Crippen molar-refractivity contribution in [2.45, 2.75) is 25.7 Å². The molecule has 1 aromatic carbocycles. The number of carbonyl (C=O) groups is 1. The van der Waals surface area contributed by atoms with Crippen LogP contribution < -0.4 is 5.32 Å². The fourth-order valence-corrected chi connectivity index (χ4v) is 2.39. The van der Waals surface area contributed by atoms with Gasteiger partial charge in [0.25, 0.3) is 0 Å². The van der Waals surface area contributed by atoms with Crippen LogP contribution in [0.4, 0.5) is 13.2 Å². The summed E-state index contributed by atoms with van der Waals surface area (Å²) in [6, 6.07) is 6.58. The number of ether oxygens (including phenoxy) is 1. The highest BCUT2D eigenvalue weighted by molar-refractivity contribution is 7.80. The van der Waals surface area contributed by atoms with Crippen molar-refractivity contribution < 1.29 is 22.7 Å². The molecule has 0 aromatic heterocycles. The van der Waals surface area contributed by atoms with Crippen molar-refractivity contribution in [1.29, 1.82) is 0 Å². The zero-order valence-electron chi connectivity index (χ0n) is 11.6. The number of alkyl halides is 3. The standard InChI is InChI=1S/C14H13F3N2O2S/c1-8-10(11(14(15,16)17)19-13(22)18-8)12(20)21-7-9-5-3-2-4-6-9/h2-6,10-11H,7H2,1H3,(H,19,22). The van der Waals surface area contributed by atoms with Crippen molar-refractivity contribution in [3.8, 4) is 0 Å². The van der Waals surface area contributed by atoms with Gasteiger partial charge in [0.1, 0.15) is 18.6 Å². The summed E-state index contributed by atoms with van der Waals surface area (Å²) in [6.07, 6.45) is -4.64. The second-order valence-electron chi connectivity index (χ2n) is 4.79. The molecule has 2 rings (SSSR count). The maximum Gasteiger partial charge on any atom is 0.409 e. The molecule has 1 aromatic rings. The average Bonchev–Trinajstić information content (AvgIpc) is 2.44. The molecule has 22 heavy (non-hydrogen) atoms. The van der Waals surface area contributed by atoms with Gasteiger partial charge in [0.05, 0.1) is 0 Å². The van der Waals surface area contributed by atoms with E-state index in [1.807, 2.05) is 5.32 Å². The van der Waals surface area contributed by atoms with Gasteiger partial charge in [-0.1, -0.05) is 30.3 Å². The molecule has 0 saturated heterocycles. The number of hydrogen-bond donors (Lipinski definition) is 1. The molecule has 4 nitrogen and oxygen atoms in total. The van der Waals surface area contributed by atoms with Crippen LogP contribution >= 0.6 is 12.2 Å². The smallest absolute Gasteiger partial charge is 0.409 e. The van der Waals surface area contributed by atoms with Crippen LogP contribution in [0.2, 0.25) is 0 Å². The first kappa shape index (κ1) is 16.4. The van der Waals surface area contributed by atoms with E-state index in [-0.39, 0.29) is 17.4 Å². The third-order valence-electron chi connectivity index (χ3n) is 3.17. The predicted molar refractivity (Wildman–Crippen MR) is 78.4 cm³/mol. The van der Waals surface area contributed by atoms with Gasteiger partial charge < -0.3 is 10.1 Å². The SMILES string of the molecule is CC1=NC(=S)NC(C(F)(F)F)C1C(=O)OCc1ccccc1. The Balaban J connectivity index is 2.14. The number of thiocarbonyl (C=S) groups is 1. The third-order valence-corrected chi connectivity index (χ3v) is 3.38. The van der Waals surface area contributed by atoms with E-state index in [9.17, 15) is 18.0 Å². The highest BCUT2D eigenvalue weighted by Crippen LogP contribution is 2.29. The van der Waals surface area contributed by atoms with Crippen molar-refractivity contribution in [1.82, 2.24) is 5.32 Å². The van der Waals surface area contributed by atoms with E-state index < -0.39 is 24.1 Å². The van der Waals surface area contributed by atoms with Crippen LogP contribution in [0.3, 0.4) is 0 Å². The predicted octanol–water partition coefficient (Wildman–Crippen LogP) is 2.63. The Morgan fingerprint density at radius 1 is 1.36 bits per heavy atom. The number of rotatable bonds is 3. The lowest BCUT2D eigenvalue weighted by molar-refractivity contribution is -0.174. The molecular formula is C14H13F3N2O2S. The van der Waals surface area contributed by atoms with Crippen LogP contribution in [-0.2, 0) is 16.1 Å². The highest BCUT2D eigenvalue weighted by atomic mass is 32.1. The molecule has 0 fully saturated rings. The molecule has 2 atom stereocenters. The number of esters is 1. The molecule has 0 saturated carbocycles. The Morgan fingerprint density at radius 2 is 2.00 bits per heavy atom. The van der Waals surface area contributed by atoms with Gasteiger partial charge in [-0.05, 0) is 24.7 Å². The molecular weight excluding hydrogens is 317 g/mol. The lowest BCUT2D eigenvalue weighted by Crippen LogP contribution is -2.57. The summed E-state index contributed by atoms with van der Waals surface area (Å²) >= 11 is 4.66. The molecule has 0 radical (unpaired) electrons. The van der Waals surface area contributed by atoms with Gasteiger partial charge in [0.2, 0.25) is 0 Å². The minimum absolute atomic E-state index is 0.0101. The van der Waals surface area contributed by atoms with Crippen molar-refractivity contribution in [2.24, 2.45) is 10.9 Å². The zero-order valence-corrected chi connectivity index (χ0v) is 12.4. The first-order valence-electron chi connectivity index (χ1n) is 6.42. The lowest BCUT2D eigenvalue weighted by atomic mass is 9.93. The van der Waals surface area contributed by atoms with Crippen LogP contribution in [0.25, 0.3) is 0 Å². The minimum atomic E-state index is -4.64. The number of carbonyl (C=O) groups excluding carboxylic acids is 1. The second kappa shape index (κ2) is 6.43. The molecule has 0 amide bonds. The summed E-state index contributed by atoms with van der Waals surface area (Å²) in [4.78, 5) is 15.8. The average molecular weight is 330 g/mol. The van der Waals surface area contributed by atoms with Crippen molar-refractivity contribution >= 4 is 29.0 Å². The van der Waals surface area contributed by atoms with E-state index in [0.717, 1.165) is 0 Å². The second-order valence-corrected chi connectivity index (χ2v) is 5.18. The monoisotopic (exact) mass is 330 g/mol. The van der Waals surface area contributed by atoms with Crippen LogP contribution in [0, 0.1) is 5.92 Å². The van der Waals surface area contributed by atoms with Gasteiger partial charge in [-0.3, -0.25) is 4.79 Å². The van der Waals surface area contributed by atoms with Gasteiger partial charge in [-0.2, -0.15) is 13.2 Å². The van der Waals surface area contributed by atoms with Gasteiger partial charge in [0.15, 0.2) is 5.11 Å². The zero-order chi connectivity index (χ0) is 16.3. The van der Waals surface area contributed by atoms with Gasteiger partial charge in [-0.25, -0.2) is 4.99 Å². The fourth-order valence-electron chi connectivity index (χ4n) is 2.12. The number of aliphatic imine (C=N–C) groups is 1. The molecule has 2 unspecified atom stereocenters. The van der Waals surface area contributed by atoms with Crippen LogP contribution in [0.15, 0.2) is 35.3 Å². The van der Waals surface area contributed by atoms with Crippen molar-refractivity contribution in [2.75, 3.05) is 0 Å². The normalized spacial score (nSPS) is 21.8. The van der Waals surface area contributed by atoms with Gasteiger partial charge in [0, 0.05) is 5.71 Å². The molecule has 1 N–H and O–H groups in total. The van der Waals surface area contributed by atoms with Crippen LogP contribution in [-0.4, -0.2) is 29.0 Å². The number of hydrogen-bond acceptors (Lipinski definition) is 3. The topological polar surface area (TPSA) is 50.7 Å². The fraction of sp³-hybridized carbons (Fsp3) is 0.357. The van der Waals surface area contributed by atoms with Crippen LogP contribution in [0.1, 0.15) is 12.5 Å². The first-order chi connectivity index (χ1) is 10.3. The van der Waals surface area contributed by atoms with E-state index in [1.165, 1.54) is 6.92 Å². The molecule has 0 bridgehead atoms. The molecule has 118 valence electrons. The molecule has 1 heterocycles. The Hall–Kier alpha value is -1.96. The van der Waals surface area contributed by atoms with Gasteiger partial charge in [-0.15, -0.1) is 0 Å². The lowest BCUT2D eigenvalue weighted by Gasteiger charge is -2.31. The number of benzene rings is 1. The van der Waals surface area contributed by atoms with E-state index in [2.05, 4.69) is 17.2 Å². The summed E-state index contributed by atoms with van der Waals surface area (Å²) < 4.78 is 44.2. The van der Waals surface area contributed by atoms with Crippen LogP contribution in [0.5, 0.6) is 0 Å². The largest absolute Gasteiger partial charge is 0.460 e. The van der Waals surface area contributed by atoms with E-state index in [4.69, 9.17) is 4.74 Å². The maximum atomic E-state index is 13.1. The Labute approximate surface area is 130 Å². The molecule has 1 aliphatic heterocycles. The molecule has 8 heteroatoms. The number of nitrogens with one attached hydrogen (secondary N) is 1. The number of nitrogens with zero attached hydrogens (tertiary/aromatic N) is 1.